The van der Waals surface area contributed by atoms with Crippen LogP contribution in [0.3, 0.4) is 0 Å². The number of esters is 1. The fourth-order valence-electron chi connectivity index (χ4n) is 1.76. The highest BCUT2D eigenvalue weighted by molar-refractivity contribution is 7.13. The predicted molar refractivity (Wildman–Crippen MR) is 93.2 cm³/mol. The number of rotatable bonds is 8. The van der Waals surface area contributed by atoms with Crippen LogP contribution < -0.4 is 14.9 Å². The average Bonchev–Trinajstić information content (AvgIpc) is 2.99. The van der Waals surface area contributed by atoms with Gasteiger partial charge in [-0.1, -0.05) is 0 Å². The van der Waals surface area contributed by atoms with E-state index < -0.39 is 5.97 Å². The van der Waals surface area contributed by atoms with Crippen LogP contribution in [0.2, 0.25) is 0 Å². The maximum absolute atomic E-state index is 11.2. The van der Waals surface area contributed by atoms with Crippen LogP contribution in [0, 0.1) is 6.92 Å². The molecule has 1 aromatic heterocycles. The van der Waals surface area contributed by atoms with Crippen molar-refractivity contribution in [3.8, 4) is 11.5 Å². The Kier molecular flexibility index (Phi) is 6.56. The molecule has 0 fully saturated rings. The van der Waals surface area contributed by atoms with E-state index in [1.54, 1.807) is 18.3 Å². The molecule has 0 saturated carbocycles. The van der Waals surface area contributed by atoms with E-state index in [9.17, 15) is 4.79 Å². The number of ether oxygens (including phenoxy) is 3. The molecule has 1 aromatic carbocycles. The number of hydrazone groups is 1. The van der Waals surface area contributed by atoms with Crippen LogP contribution in [0.5, 0.6) is 11.5 Å². The normalized spacial score (nSPS) is 10.6. The molecule has 0 aliphatic carbocycles. The molecule has 24 heavy (non-hydrogen) atoms. The Hall–Kier alpha value is -2.61. The second-order valence-electron chi connectivity index (χ2n) is 4.67. The zero-order chi connectivity index (χ0) is 17.4. The van der Waals surface area contributed by atoms with E-state index in [1.165, 1.54) is 18.4 Å². The maximum Gasteiger partial charge on any atom is 0.343 e. The smallest absolute Gasteiger partial charge is 0.343 e. The Morgan fingerprint density at radius 1 is 1.38 bits per heavy atom. The number of anilines is 1. The summed E-state index contributed by atoms with van der Waals surface area (Å²) < 4.78 is 15.5. The van der Waals surface area contributed by atoms with Crippen molar-refractivity contribution in [1.82, 2.24) is 4.98 Å². The van der Waals surface area contributed by atoms with Gasteiger partial charge in [0.25, 0.3) is 0 Å². The maximum atomic E-state index is 11.2. The molecular weight excluding hydrogens is 330 g/mol. The third kappa shape index (κ3) is 5.24. The van der Waals surface area contributed by atoms with Gasteiger partial charge in [0.2, 0.25) is 5.13 Å². The van der Waals surface area contributed by atoms with E-state index in [0.29, 0.717) is 18.1 Å². The van der Waals surface area contributed by atoms with E-state index in [4.69, 9.17) is 9.47 Å². The molecule has 0 saturated heterocycles. The number of nitrogens with zero attached hydrogens (tertiary/aromatic N) is 2. The number of aromatic nitrogens is 1. The van der Waals surface area contributed by atoms with Gasteiger partial charge < -0.3 is 14.2 Å². The fourth-order valence-corrected chi connectivity index (χ4v) is 2.39. The van der Waals surface area contributed by atoms with E-state index in [-0.39, 0.29) is 6.61 Å². The van der Waals surface area contributed by atoms with Gasteiger partial charge in [0.1, 0.15) is 0 Å². The topological polar surface area (TPSA) is 82.0 Å². The number of thiazole rings is 1. The Labute approximate surface area is 144 Å². The molecule has 1 heterocycles. The lowest BCUT2D eigenvalue weighted by Crippen LogP contribution is -2.13. The second kappa shape index (κ2) is 8.88. The molecule has 0 amide bonds. The van der Waals surface area contributed by atoms with Gasteiger partial charge in [-0.15, -0.1) is 11.3 Å². The lowest BCUT2D eigenvalue weighted by Gasteiger charge is -2.11. The summed E-state index contributed by atoms with van der Waals surface area (Å²) in [6.07, 6.45) is 1.66. The van der Waals surface area contributed by atoms with Gasteiger partial charge in [-0.3, -0.25) is 5.43 Å². The number of benzene rings is 1. The molecule has 7 nitrogen and oxygen atoms in total. The number of aryl methyl sites for hydroxylation is 1. The highest BCUT2D eigenvalue weighted by Crippen LogP contribution is 2.28. The van der Waals surface area contributed by atoms with Gasteiger partial charge in [0.15, 0.2) is 18.1 Å². The minimum atomic E-state index is -0.453. The molecule has 128 valence electrons. The number of carbonyl (C=O) groups excluding carboxylic acids is 1. The zero-order valence-corrected chi connectivity index (χ0v) is 14.6. The fraction of sp³-hybridized carbons (Fsp3) is 0.312. The van der Waals surface area contributed by atoms with E-state index >= 15 is 0 Å². The molecule has 2 rings (SSSR count). The van der Waals surface area contributed by atoms with E-state index in [0.717, 1.165) is 16.4 Å². The summed E-state index contributed by atoms with van der Waals surface area (Å²) in [4.78, 5) is 15.4. The van der Waals surface area contributed by atoms with Crippen LogP contribution in [0.1, 0.15) is 18.2 Å². The molecule has 2 aromatic rings. The predicted octanol–water partition coefficient (Wildman–Crippen LogP) is 2.85. The van der Waals surface area contributed by atoms with Gasteiger partial charge in [0, 0.05) is 5.38 Å². The van der Waals surface area contributed by atoms with Crippen LogP contribution in [0.4, 0.5) is 5.13 Å². The van der Waals surface area contributed by atoms with Gasteiger partial charge in [-0.2, -0.15) is 5.10 Å². The van der Waals surface area contributed by atoms with E-state index in [2.05, 4.69) is 20.2 Å². The number of carbonyl (C=O) groups is 1. The summed E-state index contributed by atoms with van der Waals surface area (Å²) in [5, 5.41) is 6.82. The molecule has 1 N–H and O–H groups in total. The molecule has 0 bridgehead atoms. The molecule has 0 atom stereocenters. The summed E-state index contributed by atoms with van der Waals surface area (Å²) in [6.45, 7) is 4.10. The summed E-state index contributed by atoms with van der Waals surface area (Å²) in [6, 6.07) is 5.32. The Balaban J connectivity index is 2.04. The molecule has 0 unspecified atom stereocenters. The molecule has 0 aliphatic rings. The first-order valence-corrected chi connectivity index (χ1v) is 8.18. The third-order valence-electron chi connectivity index (χ3n) is 2.83. The van der Waals surface area contributed by atoms with Crippen molar-refractivity contribution in [2.75, 3.05) is 25.7 Å². The van der Waals surface area contributed by atoms with Crippen molar-refractivity contribution < 1.29 is 19.0 Å². The number of methoxy groups -OCH3 is 1. The minimum Gasteiger partial charge on any atom is -0.490 e. The van der Waals surface area contributed by atoms with Crippen LogP contribution >= 0.6 is 11.3 Å². The van der Waals surface area contributed by atoms with Gasteiger partial charge in [-0.05, 0) is 37.6 Å². The monoisotopic (exact) mass is 349 g/mol. The van der Waals surface area contributed by atoms with Crippen LogP contribution in [0.25, 0.3) is 0 Å². The number of nitrogens with one attached hydrogen (secondary N) is 1. The van der Waals surface area contributed by atoms with Gasteiger partial charge >= 0.3 is 5.97 Å². The quantitative estimate of drug-likeness (QED) is 0.448. The van der Waals surface area contributed by atoms with Crippen molar-refractivity contribution in [2.24, 2.45) is 5.10 Å². The third-order valence-corrected chi connectivity index (χ3v) is 3.70. The summed E-state index contributed by atoms with van der Waals surface area (Å²) in [7, 11) is 1.31. The standard InChI is InChI=1S/C16H19N3O4S/c1-4-22-14-7-12(5-6-13(14)23-9-15(20)21-3)8-17-19-16-18-11(2)10-24-16/h5-8,10H,4,9H2,1-3H3,(H,18,19). The summed E-state index contributed by atoms with van der Waals surface area (Å²) in [5.74, 6) is 0.560. The Morgan fingerprint density at radius 2 is 2.21 bits per heavy atom. The van der Waals surface area contributed by atoms with Crippen molar-refractivity contribution in [2.45, 2.75) is 13.8 Å². The van der Waals surface area contributed by atoms with Crippen molar-refractivity contribution in [3.05, 3.63) is 34.8 Å². The Morgan fingerprint density at radius 3 is 2.88 bits per heavy atom. The summed E-state index contributed by atoms with van der Waals surface area (Å²) in [5.41, 5.74) is 4.64. The molecule has 0 spiro atoms. The highest BCUT2D eigenvalue weighted by Gasteiger charge is 2.08. The SMILES string of the molecule is CCOc1cc(C=NNc2nc(C)cs2)ccc1OCC(=O)OC. The first kappa shape index (κ1) is 17.7. The van der Waals surface area contributed by atoms with Crippen LogP contribution in [0.15, 0.2) is 28.7 Å². The van der Waals surface area contributed by atoms with Gasteiger partial charge in [-0.25, -0.2) is 9.78 Å². The van der Waals surface area contributed by atoms with E-state index in [1.807, 2.05) is 25.3 Å². The highest BCUT2D eigenvalue weighted by atomic mass is 32.1. The lowest BCUT2D eigenvalue weighted by atomic mass is 10.2. The number of hydrogen-bond acceptors (Lipinski definition) is 8. The molecule has 0 radical (unpaired) electrons. The molecule has 8 heteroatoms. The Bertz CT molecular complexity index is 715. The van der Waals surface area contributed by atoms with Crippen LogP contribution in [-0.2, 0) is 9.53 Å². The van der Waals surface area contributed by atoms with Crippen molar-refractivity contribution in [3.63, 3.8) is 0 Å². The second-order valence-corrected chi connectivity index (χ2v) is 5.53. The minimum absolute atomic E-state index is 0.172. The number of hydrogen-bond donors (Lipinski definition) is 1. The first-order chi connectivity index (χ1) is 11.6. The van der Waals surface area contributed by atoms with Crippen LogP contribution in [-0.4, -0.2) is 37.5 Å². The molecular formula is C16H19N3O4S. The lowest BCUT2D eigenvalue weighted by molar-refractivity contribution is -0.142. The average molecular weight is 349 g/mol. The molecule has 0 aliphatic heterocycles. The summed E-state index contributed by atoms with van der Waals surface area (Å²) >= 11 is 1.49. The van der Waals surface area contributed by atoms with Crippen molar-refractivity contribution >= 4 is 28.7 Å². The van der Waals surface area contributed by atoms with Gasteiger partial charge in [0.05, 0.1) is 25.6 Å². The zero-order valence-electron chi connectivity index (χ0n) is 13.7. The first-order valence-electron chi connectivity index (χ1n) is 7.30. The van der Waals surface area contributed by atoms with Crippen molar-refractivity contribution in [1.29, 1.82) is 0 Å². The largest absolute Gasteiger partial charge is 0.490 e.